The van der Waals surface area contributed by atoms with Crippen LogP contribution in [0.15, 0.2) is 90.0 Å². The lowest BCUT2D eigenvalue weighted by atomic mass is 9.98. The highest BCUT2D eigenvalue weighted by Gasteiger charge is 2.34. The van der Waals surface area contributed by atoms with Gasteiger partial charge in [-0.25, -0.2) is 5.01 Å². The minimum Gasteiger partial charge on any atom is -0.297 e. The molecule has 0 N–H and O–H groups in total. The van der Waals surface area contributed by atoms with E-state index in [1.165, 1.54) is 5.56 Å². The highest BCUT2D eigenvalue weighted by molar-refractivity contribution is 6.34. The van der Waals surface area contributed by atoms with Crippen LogP contribution in [0.2, 0.25) is 5.02 Å². The molecule has 2 aliphatic heterocycles. The Hall–Kier alpha value is -2.99. The molecule has 1 saturated heterocycles. The Morgan fingerprint density at radius 1 is 0.824 bits per heavy atom. The third-order valence-corrected chi connectivity index (χ3v) is 6.94. The van der Waals surface area contributed by atoms with Gasteiger partial charge in [0.25, 0.3) is 5.91 Å². The lowest BCUT2D eigenvalue weighted by Gasteiger charge is -2.35. The van der Waals surface area contributed by atoms with E-state index in [1.54, 1.807) is 5.01 Å². The van der Waals surface area contributed by atoms with Crippen molar-refractivity contribution < 1.29 is 4.79 Å². The number of piperazine rings is 1. The molecule has 6 heteroatoms. The number of carbonyl (C=O) groups excluding carboxylic acids is 1. The van der Waals surface area contributed by atoms with Gasteiger partial charge in [-0.05, 0) is 17.2 Å². The van der Waals surface area contributed by atoms with Gasteiger partial charge in [0.05, 0.1) is 18.3 Å². The van der Waals surface area contributed by atoms with Gasteiger partial charge >= 0.3 is 0 Å². The van der Waals surface area contributed by atoms with Crippen molar-refractivity contribution in [3.8, 4) is 0 Å². The summed E-state index contributed by atoms with van der Waals surface area (Å²) >= 11 is 6.46. The fraction of sp³-hybridized carbons (Fsp3) is 0.286. The summed E-state index contributed by atoms with van der Waals surface area (Å²) in [5, 5.41) is 7.14. The van der Waals surface area contributed by atoms with Crippen molar-refractivity contribution in [1.82, 2.24) is 14.8 Å². The Labute approximate surface area is 206 Å². The molecule has 0 saturated carbocycles. The first-order chi connectivity index (χ1) is 16.7. The summed E-state index contributed by atoms with van der Waals surface area (Å²) in [6.07, 6.45) is 0.657. The van der Waals surface area contributed by atoms with Gasteiger partial charge in [-0.2, -0.15) is 5.10 Å². The van der Waals surface area contributed by atoms with Gasteiger partial charge in [0, 0.05) is 49.7 Å². The lowest BCUT2D eigenvalue weighted by molar-refractivity contribution is -0.134. The minimum absolute atomic E-state index is 0.0346. The number of hydrazone groups is 1. The zero-order valence-corrected chi connectivity index (χ0v) is 19.9. The summed E-state index contributed by atoms with van der Waals surface area (Å²) in [6.45, 7) is 5.00. The third kappa shape index (κ3) is 5.22. The summed E-state index contributed by atoms with van der Waals surface area (Å²) in [7, 11) is 0. The van der Waals surface area contributed by atoms with Crippen LogP contribution in [0.3, 0.4) is 0 Å². The predicted molar refractivity (Wildman–Crippen MR) is 137 cm³/mol. The maximum Gasteiger partial charge on any atom is 0.257 e. The van der Waals surface area contributed by atoms with Crippen molar-refractivity contribution in [2.75, 3.05) is 32.7 Å². The van der Waals surface area contributed by atoms with Crippen LogP contribution in [0.5, 0.6) is 0 Å². The zero-order valence-electron chi connectivity index (χ0n) is 19.2. The monoisotopic (exact) mass is 472 g/mol. The van der Waals surface area contributed by atoms with Crippen LogP contribution in [0.25, 0.3) is 0 Å². The van der Waals surface area contributed by atoms with Crippen molar-refractivity contribution in [2.24, 2.45) is 5.10 Å². The van der Waals surface area contributed by atoms with Crippen LogP contribution in [0.4, 0.5) is 0 Å². The highest BCUT2D eigenvalue weighted by atomic mass is 35.5. The largest absolute Gasteiger partial charge is 0.297 e. The van der Waals surface area contributed by atoms with Gasteiger partial charge in [0.1, 0.15) is 0 Å². The third-order valence-electron chi connectivity index (χ3n) is 6.61. The molecular formula is C28H29ClN4O. The molecule has 0 unspecified atom stereocenters. The van der Waals surface area contributed by atoms with Crippen LogP contribution >= 0.6 is 11.6 Å². The quantitative estimate of drug-likeness (QED) is 0.515. The Balaban J connectivity index is 1.26. The molecule has 1 amide bonds. The van der Waals surface area contributed by atoms with Gasteiger partial charge in [0.2, 0.25) is 0 Å². The molecule has 5 rings (SSSR count). The van der Waals surface area contributed by atoms with Crippen LogP contribution in [0, 0.1) is 0 Å². The summed E-state index contributed by atoms with van der Waals surface area (Å²) in [5.74, 6) is 0.0346. The van der Waals surface area contributed by atoms with Crippen molar-refractivity contribution in [1.29, 1.82) is 0 Å². The second-order valence-electron chi connectivity index (χ2n) is 8.93. The molecule has 0 aromatic heterocycles. The van der Waals surface area contributed by atoms with Crippen molar-refractivity contribution >= 4 is 23.2 Å². The van der Waals surface area contributed by atoms with Crippen molar-refractivity contribution in [3.63, 3.8) is 0 Å². The van der Waals surface area contributed by atoms with Crippen LogP contribution in [-0.2, 0) is 11.3 Å². The molecule has 0 radical (unpaired) electrons. The van der Waals surface area contributed by atoms with E-state index in [0.717, 1.165) is 49.6 Å². The summed E-state index contributed by atoms with van der Waals surface area (Å²) < 4.78 is 0. The molecular weight excluding hydrogens is 444 g/mol. The fourth-order valence-corrected chi connectivity index (χ4v) is 4.99. The number of rotatable bonds is 6. The molecule has 2 heterocycles. The van der Waals surface area contributed by atoms with E-state index < -0.39 is 0 Å². The number of hydrogen-bond acceptors (Lipinski definition) is 4. The zero-order chi connectivity index (χ0) is 23.3. The first-order valence-electron chi connectivity index (χ1n) is 11.9. The van der Waals surface area contributed by atoms with Crippen molar-refractivity contribution in [2.45, 2.75) is 19.0 Å². The normalized spacial score (nSPS) is 19.3. The first kappa shape index (κ1) is 22.8. The summed E-state index contributed by atoms with van der Waals surface area (Å²) in [6, 6.07) is 28.3. The maximum absolute atomic E-state index is 13.5. The Morgan fingerprint density at radius 3 is 2.15 bits per heavy atom. The van der Waals surface area contributed by atoms with E-state index in [2.05, 4.69) is 46.2 Å². The smallest absolute Gasteiger partial charge is 0.257 e. The molecule has 0 spiro atoms. The highest BCUT2D eigenvalue weighted by Crippen LogP contribution is 2.34. The lowest BCUT2D eigenvalue weighted by Crippen LogP contribution is -2.49. The van der Waals surface area contributed by atoms with Gasteiger partial charge in [-0.1, -0.05) is 90.5 Å². The Kier molecular flexibility index (Phi) is 7.05. The average molecular weight is 473 g/mol. The summed E-state index contributed by atoms with van der Waals surface area (Å²) in [5.41, 5.74) is 4.18. The number of nitrogens with zero attached hydrogens (tertiary/aromatic N) is 4. The van der Waals surface area contributed by atoms with Crippen LogP contribution in [-0.4, -0.2) is 59.2 Å². The molecule has 1 fully saturated rings. The number of carbonyl (C=O) groups is 1. The number of hydrogen-bond donors (Lipinski definition) is 0. The van der Waals surface area contributed by atoms with E-state index in [-0.39, 0.29) is 11.9 Å². The molecule has 1 atom stereocenters. The molecule has 3 aromatic carbocycles. The average Bonchev–Trinajstić information content (AvgIpc) is 3.32. The second-order valence-corrected chi connectivity index (χ2v) is 9.34. The van der Waals surface area contributed by atoms with Gasteiger partial charge in [-0.3, -0.25) is 14.6 Å². The molecule has 174 valence electrons. The number of amides is 1. The topological polar surface area (TPSA) is 39.2 Å². The molecule has 0 bridgehead atoms. The van der Waals surface area contributed by atoms with E-state index in [9.17, 15) is 4.79 Å². The molecule has 5 nitrogen and oxygen atoms in total. The fourth-order valence-electron chi connectivity index (χ4n) is 4.74. The molecule has 3 aromatic rings. The van der Waals surface area contributed by atoms with E-state index >= 15 is 0 Å². The number of benzene rings is 3. The minimum atomic E-state index is -0.112. The van der Waals surface area contributed by atoms with E-state index in [1.807, 2.05) is 48.5 Å². The SMILES string of the molecule is O=C(CN1CCN(Cc2ccccc2)CC1)N1N=C(c2ccccc2Cl)C[C@@H]1c1ccccc1. The second kappa shape index (κ2) is 10.5. The summed E-state index contributed by atoms with van der Waals surface area (Å²) in [4.78, 5) is 18.2. The molecule has 2 aliphatic rings. The van der Waals surface area contributed by atoms with Crippen LogP contribution in [0.1, 0.15) is 29.2 Å². The van der Waals surface area contributed by atoms with Crippen LogP contribution < -0.4 is 0 Å². The molecule has 34 heavy (non-hydrogen) atoms. The van der Waals surface area contributed by atoms with Gasteiger partial charge < -0.3 is 0 Å². The number of halogens is 1. The van der Waals surface area contributed by atoms with Gasteiger partial charge in [-0.15, -0.1) is 0 Å². The van der Waals surface area contributed by atoms with E-state index in [4.69, 9.17) is 16.7 Å². The predicted octanol–water partition coefficient (Wildman–Crippen LogP) is 4.84. The maximum atomic E-state index is 13.5. The standard InChI is InChI=1S/C28H29ClN4O/c29-25-14-8-7-13-24(25)26-19-27(23-11-5-2-6-12-23)33(30-26)28(34)21-32-17-15-31(16-18-32)20-22-9-3-1-4-10-22/h1-14,27H,15-21H2/t27-/m1/s1. The first-order valence-corrected chi connectivity index (χ1v) is 12.2. The Bertz CT molecular complexity index is 1140. The van der Waals surface area contributed by atoms with Gasteiger partial charge in [0.15, 0.2) is 0 Å². The Morgan fingerprint density at radius 2 is 1.44 bits per heavy atom. The van der Waals surface area contributed by atoms with E-state index in [0.29, 0.717) is 18.0 Å². The van der Waals surface area contributed by atoms with Crippen molar-refractivity contribution in [3.05, 3.63) is 107 Å². The molecule has 0 aliphatic carbocycles.